The average Bonchev–Trinajstić information content (AvgIpc) is 3.23. The highest BCUT2D eigenvalue weighted by molar-refractivity contribution is 5.96. The molecule has 0 saturated heterocycles. The van der Waals surface area contributed by atoms with Crippen molar-refractivity contribution in [2.24, 2.45) is 0 Å². The van der Waals surface area contributed by atoms with Crippen molar-refractivity contribution in [2.75, 3.05) is 18.5 Å². The van der Waals surface area contributed by atoms with Crippen molar-refractivity contribution >= 4 is 11.7 Å². The average molecular weight is 454 g/mol. The van der Waals surface area contributed by atoms with E-state index in [2.05, 4.69) is 29.5 Å². The third-order valence-electron chi connectivity index (χ3n) is 5.01. The molecule has 3 aromatic rings. The third kappa shape index (κ3) is 5.83. The van der Waals surface area contributed by atoms with Crippen molar-refractivity contribution < 1.29 is 23.6 Å². The Kier molecular flexibility index (Phi) is 7.92. The van der Waals surface area contributed by atoms with Gasteiger partial charge in [0.05, 0.1) is 13.2 Å². The van der Waals surface area contributed by atoms with E-state index in [1.165, 1.54) is 0 Å². The van der Waals surface area contributed by atoms with Gasteiger partial charge in [0.2, 0.25) is 5.82 Å². The molecule has 8 nitrogen and oxygen atoms in total. The lowest BCUT2D eigenvalue weighted by Crippen LogP contribution is -2.30. The molecule has 3 rings (SSSR count). The number of rotatable bonds is 10. The van der Waals surface area contributed by atoms with Crippen LogP contribution in [0.4, 0.5) is 5.82 Å². The second-order valence-electron chi connectivity index (χ2n) is 7.93. The zero-order valence-corrected chi connectivity index (χ0v) is 20.0. The molecular formula is C25H31N3O5. The number of carbonyl (C=O) groups excluding carboxylic acids is 1. The van der Waals surface area contributed by atoms with Crippen LogP contribution in [0.3, 0.4) is 0 Å². The van der Waals surface area contributed by atoms with E-state index in [4.69, 9.17) is 18.8 Å². The topological polar surface area (TPSA) is 95.7 Å². The van der Waals surface area contributed by atoms with Crippen LogP contribution in [-0.2, 0) is 4.79 Å². The lowest BCUT2D eigenvalue weighted by atomic mass is 10.0. The molecule has 33 heavy (non-hydrogen) atoms. The van der Waals surface area contributed by atoms with Gasteiger partial charge < -0.3 is 19.5 Å². The largest absolute Gasteiger partial charge is 0.490 e. The number of nitrogens with one attached hydrogen (secondary N) is 1. The minimum atomic E-state index is -0.756. The van der Waals surface area contributed by atoms with Crippen LogP contribution in [0.2, 0.25) is 0 Å². The summed E-state index contributed by atoms with van der Waals surface area (Å²) in [6, 6.07) is 11.4. The van der Waals surface area contributed by atoms with E-state index in [-0.39, 0.29) is 17.6 Å². The summed E-state index contributed by atoms with van der Waals surface area (Å²) in [6.07, 6.45) is -0.756. The normalized spacial score (nSPS) is 11.8. The summed E-state index contributed by atoms with van der Waals surface area (Å²) in [6.45, 7) is 12.7. The minimum Gasteiger partial charge on any atom is -0.490 e. The Morgan fingerprint density at radius 1 is 0.970 bits per heavy atom. The highest BCUT2D eigenvalue weighted by Crippen LogP contribution is 2.34. The van der Waals surface area contributed by atoms with Crippen LogP contribution in [-0.4, -0.2) is 35.5 Å². The van der Waals surface area contributed by atoms with Crippen molar-refractivity contribution in [3.05, 3.63) is 47.5 Å². The highest BCUT2D eigenvalue weighted by atomic mass is 16.6. The fourth-order valence-electron chi connectivity index (χ4n) is 3.34. The Balaban J connectivity index is 1.79. The summed E-state index contributed by atoms with van der Waals surface area (Å²) < 4.78 is 22.2. The summed E-state index contributed by atoms with van der Waals surface area (Å²) in [4.78, 5) is 12.9. The van der Waals surface area contributed by atoms with E-state index in [0.29, 0.717) is 41.7 Å². The number of aryl methyl sites for hydroxylation is 1. The Hall–Kier alpha value is -3.55. The first-order valence-corrected chi connectivity index (χ1v) is 11.1. The first kappa shape index (κ1) is 24.1. The molecule has 0 bridgehead atoms. The number of benzene rings is 2. The number of hydrogen-bond acceptors (Lipinski definition) is 7. The maximum Gasteiger partial charge on any atom is 0.266 e. The Morgan fingerprint density at radius 2 is 1.70 bits per heavy atom. The van der Waals surface area contributed by atoms with E-state index in [9.17, 15) is 4.79 Å². The highest BCUT2D eigenvalue weighted by Gasteiger charge is 2.22. The Labute approximate surface area is 194 Å². The monoisotopic (exact) mass is 453 g/mol. The molecule has 1 atom stereocenters. The molecule has 0 aliphatic heterocycles. The van der Waals surface area contributed by atoms with Crippen molar-refractivity contribution in [1.82, 2.24) is 10.3 Å². The molecule has 2 aromatic carbocycles. The van der Waals surface area contributed by atoms with Crippen LogP contribution in [0.1, 0.15) is 51.7 Å². The molecule has 0 fully saturated rings. The third-order valence-corrected chi connectivity index (χ3v) is 5.01. The van der Waals surface area contributed by atoms with Gasteiger partial charge in [-0.15, -0.1) is 0 Å². The fraction of sp³-hybridized carbons (Fsp3) is 0.400. The molecule has 0 aliphatic carbocycles. The van der Waals surface area contributed by atoms with Crippen LogP contribution in [0.15, 0.2) is 41.0 Å². The number of anilines is 1. The molecule has 0 saturated carbocycles. The number of hydrogen-bond donors (Lipinski definition) is 1. The number of amides is 1. The van der Waals surface area contributed by atoms with Crippen molar-refractivity contribution in [3.63, 3.8) is 0 Å². The Morgan fingerprint density at radius 3 is 2.39 bits per heavy atom. The number of aromatic nitrogens is 2. The SMILES string of the molecule is CCOc1ccc(-c2nonc2NC(=O)[C@H](C)Oc2cc(C)ccc2C(C)C)cc1OCC. The lowest BCUT2D eigenvalue weighted by Gasteiger charge is -2.19. The number of ether oxygens (including phenoxy) is 3. The molecule has 0 unspecified atom stereocenters. The zero-order chi connectivity index (χ0) is 24.0. The van der Waals surface area contributed by atoms with Crippen LogP contribution >= 0.6 is 0 Å². The summed E-state index contributed by atoms with van der Waals surface area (Å²) in [7, 11) is 0. The summed E-state index contributed by atoms with van der Waals surface area (Å²) in [5.41, 5.74) is 3.17. The van der Waals surface area contributed by atoms with Gasteiger partial charge in [0.1, 0.15) is 5.75 Å². The number of carbonyl (C=O) groups is 1. The predicted molar refractivity (Wildman–Crippen MR) is 126 cm³/mol. The molecule has 1 heterocycles. The predicted octanol–water partition coefficient (Wildman–Crippen LogP) is 5.37. The molecule has 1 aromatic heterocycles. The van der Waals surface area contributed by atoms with Gasteiger partial charge >= 0.3 is 0 Å². The van der Waals surface area contributed by atoms with E-state index in [1.54, 1.807) is 19.1 Å². The van der Waals surface area contributed by atoms with Gasteiger partial charge in [-0.2, -0.15) is 0 Å². The van der Waals surface area contributed by atoms with Gasteiger partial charge in [-0.1, -0.05) is 26.0 Å². The first-order chi connectivity index (χ1) is 15.8. The van der Waals surface area contributed by atoms with Crippen LogP contribution < -0.4 is 19.5 Å². The minimum absolute atomic E-state index is 0.204. The molecule has 1 amide bonds. The summed E-state index contributed by atoms with van der Waals surface area (Å²) in [5, 5.41) is 10.6. The van der Waals surface area contributed by atoms with E-state index < -0.39 is 6.10 Å². The summed E-state index contributed by atoms with van der Waals surface area (Å²) >= 11 is 0. The van der Waals surface area contributed by atoms with Crippen molar-refractivity contribution in [2.45, 2.75) is 53.6 Å². The fourth-order valence-corrected chi connectivity index (χ4v) is 3.34. The van der Waals surface area contributed by atoms with Crippen LogP contribution in [0, 0.1) is 6.92 Å². The van der Waals surface area contributed by atoms with Crippen LogP contribution in [0.5, 0.6) is 17.2 Å². The molecular weight excluding hydrogens is 422 g/mol. The first-order valence-electron chi connectivity index (χ1n) is 11.1. The van der Waals surface area contributed by atoms with E-state index in [0.717, 1.165) is 11.1 Å². The van der Waals surface area contributed by atoms with Gasteiger partial charge in [0, 0.05) is 5.56 Å². The van der Waals surface area contributed by atoms with Gasteiger partial charge in [0.15, 0.2) is 23.3 Å². The smallest absolute Gasteiger partial charge is 0.266 e. The van der Waals surface area contributed by atoms with E-state index >= 15 is 0 Å². The standard InChI is InChI=1S/C25H31N3O5/c1-7-30-20-12-10-18(14-22(20)31-8-2)23-24(28-33-27-23)26-25(29)17(6)32-21-13-16(5)9-11-19(21)15(3)4/h9-15,17H,7-8H2,1-6H3,(H,26,28,29)/t17-/m0/s1. The van der Waals surface area contributed by atoms with Crippen molar-refractivity contribution in [1.29, 1.82) is 0 Å². The molecule has 8 heteroatoms. The lowest BCUT2D eigenvalue weighted by molar-refractivity contribution is -0.122. The molecule has 0 radical (unpaired) electrons. The van der Waals surface area contributed by atoms with Gasteiger partial charge in [-0.3, -0.25) is 4.79 Å². The van der Waals surface area contributed by atoms with Crippen LogP contribution in [0.25, 0.3) is 11.3 Å². The molecule has 0 spiro atoms. The summed E-state index contributed by atoms with van der Waals surface area (Å²) in [5.74, 6) is 2.01. The second-order valence-corrected chi connectivity index (χ2v) is 7.93. The second kappa shape index (κ2) is 10.8. The number of nitrogens with zero attached hydrogens (tertiary/aromatic N) is 2. The zero-order valence-electron chi connectivity index (χ0n) is 20.0. The van der Waals surface area contributed by atoms with Crippen molar-refractivity contribution in [3.8, 4) is 28.5 Å². The van der Waals surface area contributed by atoms with Gasteiger partial charge in [-0.25, -0.2) is 4.63 Å². The maximum absolute atomic E-state index is 12.9. The molecule has 176 valence electrons. The molecule has 1 N–H and O–H groups in total. The molecule has 0 aliphatic rings. The van der Waals surface area contributed by atoms with Gasteiger partial charge in [-0.05, 0) is 79.3 Å². The maximum atomic E-state index is 12.9. The van der Waals surface area contributed by atoms with Gasteiger partial charge in [0.25, 0.3) is 5.91 Å². The quantitative estimate of drug-likeness (QED) is 0.441. The Bertz CT molecular complexity index is 1090. The van der Waals surface area contributed by atoms with E-state index in [1.807, 2.05) is 45.0 Å².